The van der Waals surface area contributed by atoms with Crippen LogP contribution in [0.3, 0.4) is 0 Å². The van der Waals surface area contributed by atoms with E-state index in [9.17, 15) is 0 Å². The van der Waals surface area contributed by atoms with E-state index in [2.05, 4.69) is 17.6 Å². The Balaban J connectivity index is 2.40. The quantitative estimate of drug-likeness (QED) is 0.300. The normalized spacial score (nSPS) is 23.9. The average molecular weight is 152 g/mol. The summed E-state index contributed by atoms with van der Waals surface area (Å²) in [6.45, 7) is 0.753. The molecule has 1 saturated heterocycles. The monoisotopic (exact) mass is 152 g/mol. The third-order valence-electron chi connectivity index (χ3n) is 0.544. The Morgan fingerprint density at radius 2 is 2.71 bits per heavy atom. The van der Waals surface area contributed by atoms with Crippen LogP contribution < -0.4 is 4.83 Å². The average Bonchev–Trinajstić information content (AvgIpc) is 1.87. The summed E-state index contributed by atoms with van der Waals surface area (Å²) in [4.78, 5) is 2.84. The molecule has 0 atom stereocenters. The van der Waals surface area contributed by atoms with E-state index in [1.54, 1.807) is 4.41 Å². The number of hydrazine groups is 1. The summed E-state index contributed by atoms with van der Waals surface area (Å²) in [5.41, 5.74) is 0. The van der Waals surface area contributed by atoms with Gasteiger partial charge in [0.15, 0.2) is 0 Å². The van der Waals surface area contributed by atoms with Gasteiger partial charge in [0.25, 0.3) is 0 Å². The molecule has 1 aliphatic rings. The third kappa shape index (κ3) is 1.58. The van der Waals surface area contributed by atoms with Crippen LogP contribution in [0.2, 0.25) is 0 Å². The van der Waals surface area contributed by atoms with E-state index in [4.69, 9.17) is 12.2 Å². The summed E-state index contributed by atoms with van der Waals surface area (Å²) >= 11 is 10.2. The largest absolute Gasteiger partial charge is 0.183 e. The molecule has 7 heavy (non-hydrogen) atoms. The van der Waals surface area contributed by atoms with Crippen LogP contribution in [-0.4, -0.2) is 15.2 Å². The molecule has 0 amide bonds. The smallest absolute Gasteiger partial charge is 0.0810 e. The van der Waals surface area contributed by atoms with Gasteiger partial charge < -0.3 is 0 Å². The van der Waals surface area contributed by atoms with Crippen molar-refractivity contribution in [3.8, 4) is 0 Å². The fourth-order valence-corrected chi connectivity index (χ4v) is 1.45. The lowest BCUT2D eigenvalue weighted by atomic mass is 10.8. The van der Waals surface area contributed by atoms with E-state index < -0.39 is 0 Å². The molecule has 2 nitrogen and oxygen atoms in total. The Kier molecular flexibility index (Phi) is 1.94. The molecule has 0 radical (unpaired) electrons. The van der Waals surface area contributed by atoms with Crippen molar-refractivity contribution in [1.82, 2.24) is 9.25 Å². The maximum absolute atomic E-state index is 4.81. The second kappa shape index (κ2) is 2.32. The van der Waals surface area contributed by atoms with E-state index in [-0.39, 0.29) is 0 Å². The molecule has 0 saturated carbocycles. The Bertz CT molecular complexity index is 92.9. The van der Waals surface area contributed by atoms with Crippen LogP contribution in [0.5, 0.6) is 0 Å². The molecule has 40 valence electrons. The van der Waals surface area contributed by atoms with Gasteiger partial charge in [-0.1, -0.05) is 25.0 Å². The molecule has 1 fully saturated rings. The van der Waals surface area contributed by atoms with Crippen LogP contribution in [0.25, 0.3) is 0 Å². The fraction of sp³-hybridized carbons (Fsp3) is 0.500. The third-order valence-corrected chi connectivity index (χ3v) is 1.97. The van der Waals surface area contributed by atoms with Gasteiger partial charge in [0.1, 0.15) is 0 Å². The SMILES string of the molecule is S=C1CN(S)NS1. The first-order chi connectivity index (χ1) is 3.29. The van der Waals surface area contributed by atoms with E-state index in [0.717, 1.165) is 10.7 Å². The number of thiol groups is 1. The lowest BCUT2D eigenvalue weighted by Crippen LogP contribution is -2.15. The molecular formula is C2H4N2S3. The van der Waals surface area contributed by atoms with E-state index in [1.165, 1.54) is 11.9 Å². The van der Waals surface area contributed by atoms with E-state index in [0.29, 0.717) is 0 Å². The summed E-state index contributed by atoms with van der Waals surface area (Å²) in [6.07, 6.45) is 0. The molecule has 1 N–H and O–H groups in total. The molecule has 1 heterocycles. The summed E-state index contributed by atoms with van der Waals surface area (Å²) in [7, 11) is 0. The summed E-state index contributed by atoms with van der Waals surface area (Å²) < 4.78 is 2.59. The molecule has 1 rings (SSSR count). The molecular weight excluding hydrogens is 148 g/mol. The highest BCUT2D eigenvalue weighted by Gasteiger charge is 2.11. The zero-order valence-corrected chi connectivity index (χ0v) is 5.95. The van der Waals surface area contributed by atoms with Gasteiger partial charge in [-0.3, -0.25) is 0 Å². The molecule has 0 aliphatic carbocycles. The molecule has 0 aromatic heterocycles. The lowest BCUT2D eigenvalue weighted by molar-refractivity contribution is 0.541. The van der Waals surface area contributed by atoms with Crippen molar-refractivity contribution in [2.24, 2.45) is 0 Å². The number of hydrogen-bond acceptors (Lipinski definition) is 5. The van der Waals surface area contributed by atoms with Crippen molar-refractivity contribution in [1.29, 1.82) is 0 Å². The van der Waals surface area contributed by atoms with Gasteiger partial charge in [-0.25, -0.2) is 0 Å². The van der Waals surface area contributed by atoms with Gasteiger partial charge >= 0.3 is 0 Å². The highest BCUT2D eigenvalue weighted by atomic mass is 32.2. The van der Waals surface area contributed by atoms with E-state index >= 15 is 0 Å². The first kappa shape index (κ1) is 5.84. The molecule has 1 aliphatic heterocycles. The summed E-state index contributed by atoms with van der Waals surface area (Å²) in [5.74, 6) is 0. The molecule has 0 unspecified atom stereocenters. The minimum atomic E-state index is 0.753. The number of rotatable bonds is 0. The van der Waals surface area contributed by atoms with Gasteiger partial charge in [0.2, 0.25) is 0 Å². The molecule has 0 aromatic carbocycles. The fourth-order valence-electron chi connectivity index (χ4n) is 0.290. The van der Waals surface area contributed by atoms with Crippen molar-refractivity contribution in [3.05, 3.63) is 0 Å². The van der Waals surface area contributed by atoms with E-state index in [1.807, 2.05) is 0 Å². The van der Waals surface area contributed by atoms with Crippen molar-refractivity contribution in [2.45, 2.75) is 0 Å². The Morgan fingerprint density at radius 3 is 2.86 bits per heavy atom. The van der Waals surface area contributed by atoms with Crippen LogP contribution >= 0.6 is 37.0 Å². The maximum atomic E-state index is 4.81. The van der Waals surface area contributed by atoms with Gasteiger partial charge in [-0.05, 0) is 11.9 Å². The second-order valence-corrected chi connectivity index (χ2v) is 3.24. The highest BCUT2D eigenvalue weighted by molar-refractivity contribution is 8.22. The van der Waals surface area contributed by atoms with Crippen LogP contribution in [-0.2, 0) is 0 Å². The Morgan fingerprint density at radius 1 is 2.00 bits per heavy atom. The predicted molar refractivity (Wildman–Crippen MR) is 39.0 cm³/mol. The zero-order chi connectivity index (χ0) is 5.28. The highest BCUT2D eigenvalue weighted by Crippen LogP contribution is 2.11. The van der Waals surface area contributed by atoms with Gasteiger partial charge in [-0.15, -0.1) is 0 Å². The van der Waals surface area contributed by atoms with Crippen LogP contribution in [0, 0.1) is 0 Å². The molecule has 0 spiro atoms. The standard InChI is InChI=1S/C2H4N2S3/c5-2-1-4(6)3-7-2/h3,6H,1H2. The number of thiocarbonyl (C=S) groups is 1. The number of nitrogens with one attached hydrogen (secondary N) is 1. The molecule has 0 aromatic rings. The molecule has 5 heteroatoms. The van der Waals surface area contributed by atoms with Gasteiger partial charge in [-0.2, -0.15) is 9.25 Å². The van der Waals surface area contributed by atoms with Crippen molar-refractivity contribution < 1.29 is 0 Å². The number of hydrogen-bond donors (Lipinski definition) is 2. The predicted octanol–water partition coefficient (Wildman–Crippen LogP) is 0.627. The Hall–Kier alpha value is 0.710. The maximum Gasteiger partial charge on any atom is 0.0810 e. The lowest BCUT2D eigenvalue weighted by Gasteiger charge is -1.98. The van der Waals surface area contributed by atoms with Crippen molar-refractivity contribution in [2.75, 3.05) is 6.54 Å². The summed E-state index contributed by atoms with van der Waals surface area (Å²) in [6, 6.07) is 0. The van der Waals surface area contributed by atoms with Gasteiger partial charge in [0, 0.05) is 0 Å². The van der Waals surface area contributed by atoms with Crippen LogP contribution in [0.1, 0.15) is 0 Å². The Labute approximate surface area is 57.3 Å². The first-order valence-electron chi connectivity index (χ1n) is 1.71. The molecule has 0 bridgehead atoms. The van der Waals surface area contributed by atoms with Crippen LogP contribution in [0.4, 0.5) is 0 Å². The zero-order valence-electron chi connectivity index (χ0n) is 3.42. The van der Waals surface area contributed by atoms with Crippen molar-refractivity contribution in [3.63, 3.8) is 0 Å². The van der Waals surface area contributed by atoms with Crippen molar-refractivity contribution >= 4 is 41.2 Å². The minimum Gasteiger partial charge on any atom is -0.183 e. The second-order valence-electron chi connectivity index (χ2n) is 1.12. The minimum absolute atomic E-state index is 0.753. The van der Waals surface area contributed by atoms with Gasteiger partial charge in [0.05, 0.1) is 10.7 Å². The first-order valence-corrected chi connectivity index (χ1v) is 3.33. The summed E-state index contributed by atoms with van der Waals surface area (Å²) in [5, 5.41) is 0. The van der Waals surface area contributed by atoms with Crippen LogP contribution in [0.15, 0.2) is 0 Å². The number of nitrogens with zero attached hydrogens (tertiary/aromatic N) is 1. The topological polar surface area (TPSA) is 15.3 Å².